The summed E-state index contributed by atoms with van der Waals surface area (Å²) in [7, 11) is 2.05. The van der Waals surface area contributed by atoms with Gasteiger partial charge >= 0.3 is 0 Å². The summed E-state index contributed by atoms with van der Waals surface area (Å²) in [5.41, 5.74) is 1.09. The van der Waals surface area contributed by atoms with Crippen LogP contribution < -0.4 is 10.2 Å². The molecule has 0 aliphatic heterocycles. The molecule has 1 aromatic heterocycles. The van der Waals surface area contributed by atoms with Crippen molar-refractivity contribution >= 4 is 5.82 Å². The quantitative estimate of drug-likeness (QED) is 0.682. The Hall–Kier alpha value is -1.13. The first-order chi connectivity index (χ1) is 8.77. The molecule has 4 heteroatoms. The molecule has 0 fully saturated rings. The van der Waals surface area contributed by atoms with Gasteiger partial charge in [0.05, 0.1) is 12.3 Å². The maximum atomic E-state index is 5.35. The van der Waals surface area contributed by atoms with Crippen molar-refractivity contribution in [1.29, 1.82) is 0 Å². The van der Waals surface area contributed by atoms with E-state index in [9.17, 15) is 0 Å². The Morgan fingerprint density at radius 2 is 2.17 bits per heavy atom. The van der Waals surface area contributed by atoms with Gasteiger partial charge in [0.25, 0.3) is 0 Å². The molecule has 0 radical (unpaired) electrons. The van der Waals surface area contributed by atoms with Gasteiger partial charge < -0.3 is 15.0 Å². The fourth-order valence-corrected chi connectivity index (χ4v) is 1.63. The molecule has 102 valence electrons. The predicted octanol–water partition coefficient (Wildman–Crippen LogP) is 2.05. The fraction of sp³-hybridized carbons (Fsp3) is 0.643. The van der Waals surface area contributed by atoms with Crippen molar-refractivity contribution in [2.75, 3.05) is 38.3 Å². The van der Waals surface area contributed by atoms with Gasteiger partial charge in [0.2, 0.25) is 0 Å². The van der Waals surface area contributed by atoms with Crippen LogP contribution in [0.2, 0.25) is 0 Å². The number of anilines is 1. The molecule has 1 N–H and O–H groups in total. The lowest BCUT2D eigenvalue weighted by Crippen LogP contribution is -2.24. The van der Waals surface area contributed by atoms with E-state index in [1.807, 2.05) is 20.0 Å². The molecule has 0 saturated heterocycles. The van der Waals surface area contributed by atoms with Crippen LogP contribution in [0, 0.1) is 0 Å². The van der Waals surface area contributed by atoms with Crippen molar-refractivity contribution in [1.82, 2.24) is 10.3 Å². The third-order valence-corrected chi connectivity index (χ3v) is 2.69. The Bertz CT molecular complexity index is 331. The minimum absolute atomic E-state index is 0.743. The number of hydrogen-bond donors (Lipinski definition) is 1. The van der Waals surface area contributed by atoms with Crippen molar-refractivity contribution in [2.45, 2.75) is 26.8 Å². The van der Waals surface area contributed by atoms with Crippen LogP contribution in [0.1, 0.15) is 26.0 Å². The van der Waals surface area contributed by atoms with E-state index >= 15 is 0 Å². The summed E-state index contributed by atoms with van der Waals surface area (Å²) in [5.74, 6) is 1.01. The molecular weight excluding hydrogens is 226 g/mol. The summed E-state index contributed by atoms with van der Waals surface area (Å²) >= 11 is 0. The van der Waals surface area contributed by atoms with Crippen LogP contribution in [0.4, 0.5) is 5.82 Å². The van der Waals surface area contributed by atoms with E-state index in [2.05, 4.69) is 34.3 Å². The number of aromatic nitrogens is 1. The highest BCUT2D eigenvalue weighted by Crippen LogP contribution is 2.09. The average molecular weight is 251 g/mol. The Morgan fingerprint density at radius 1 is 1.33 bits per heavy atom. The molecule has 0 bridgehead atoms. The molecular formula is C14H25N3O. The Morgan fingerprint density at radius 3 is 2.89 bits per heavy atom. The molecule has 0 atom stereocenters. The Labute approximate surface area is 110 Å². The van der Waals surface area contributed by atoms with Crippen LogP contribution in [0.25, 0.3) is 0 Å². The van der Waals surface area contributed by atoms with Crippen LogP contribution in [0.15, 0.2) is 18.2 Å². The number of pyridine rings is 1. The number of ether oxygens (including phenoxy) is 1. The van der Waals surface area contributed by atoms with Gasteiger partial charge in [0, 0.05) is 26.7 Å². The highest BCUT2D eigenvalue weighted by Gasteiger charge is 2.03. The summed E-state index contributed by atoms with van der Waals surface area (Å²) in [6.45, 7) is 8.42. The highest BCUT2D eigenvalue weighted by molar-refractivity contribution is 5.38. The SMILES string of the molecule is CCCNCc1cccc(N(C)CCOCC)n1. The molecule has 1 aromatic rings. The average Bonchev–Trinajstić information content (AvgIpc) is 2.39. The second-order valence-electron chi connectivity index (χ2n) is 4.28. The molecule has 0 saturated carbocycles. The number of nitrogens with one attached hydrogen (secondary N) is 1. The zero-order valence-corrected chi connectivity index (χ0v) is 11.8. The van der Waals surface area contributed by atoms with Gasteiger partial charge in [-0.15, -0.1) is 0 Å². The van der Waals surface area contributed by atoms with Gasteiger partial charge in [-0.2, -0.15) is 0 Å². The molecule has 0 unspecified atom stereocenters. The summed E-state index contributed by atoms with van der Waals surface area (Å²) in [6, 6.07) is 6.15. The number of hydrogen-bond acceptors (Lipinski definition) is 4. The minimum atomic E-state index is 0.743. The lowest BCUT2D eigenvalue weighted by Gasteiger charge is -2.18. The second-order valence-corrected chi connectivity index (χ2v) is 4.28. The van der Waals surface area contributed by atoms with E-state index in [1.165, 1.54) is 0 Å². The van der Waals surface area contributed by atoms with Gasteiger partial charge in [-0.3, -0.25) is 0 Å². The van der Waals surface area contributed by atoms with E-state index in [0.717, 1.165) is 50.8 Å². The zero-order chi connectivity index (χ0) is 13.2. The van der Waals surface area contributed by atoms with E-state index in [-0.39, 0.29) is 0 Å². The first-order valence-corrected chi connectivity index (χ1v) is 6.73. The van der Waals surface area contributed by atoms with Gasteiger partial charge in [-0.05, 0) is 32.0 Å². The molecule has 4 nitrogen and oxygen atoms in total. The largest absolute Gasteiger partial charge is 0.380 e. The monoisotopic (exact) mass is 251 g/mol. The summed E-state index contributed by atoms with van der Waals surface area (Å²) < 4.78 is 5.35. The van der Waals surface area contributed by atoms with Crippen LogP contribution in [0.3, 0.4) is 0 Å². The van der Waals surface area contributed by atoms with Crippen molar-refractivity contribution in [3.05, 3.63) is 23.9 Å². The normalized spacial score (nSPS) is 10.6. The first kappa shape index (κ1) is 14.9. The molecule has 0 spiro atoms. The lowest BCUT2D eigenvalue weighted by molar-refractivity contribution is 0.154. The van der Waals surface area contributed by atoms with Crippen molar-refractivity contribution in [3.63, 3.8) is 0 Å². The maximum absolute atomic E-state index is 5.35. The van der Waals surface area contributed by atoms with E-state index in [1.54, 1.807) is 0 Å². The van der Waals surface area contributed by atoms with Gasteiger partial charge in [0.1, 0.15) is 5.82 Å². The summed E-state index contributed by atoms with van der Waals surface area (Å²) in [6.07, 6.45) is 1.15. The molecule has 1 rings (SSSR count). The van der Waals surface area contributed by atoms with Crippen LogP contribution in [-0.4, -0.2) is 38.3 Å². The number of nitrogens with zero attached hydrogens (tertiary/aromatic N) is 2. The second kappa shape index (κ2) is 8.89. The third kappa shape index (κ3) is 5.47. The number of likely N-dealkylation sites (N-methyl/N-ethyl adjacent to an activating group) is 1. The fourth-order valence-electron chi connectivity index (χ4n) is 1.63. The van der Waals surface area contributed by atoms with E-state index in [4.69, 9.17) is 4.74 Å². The van der Waals surface area contributed by atoms with Gasteiger partial charge in [-0.1, -0.05) is 13.0 Å². The molecule has 1 heterocycles. The van der Waals surface area contributed by atoms with Crippen molar-refractivity contribution < 1.29 is 4.74 Å². The van der Waals surface area contributed by atoms with Gasteiger partial charge in [-0.25, -0.2) is 4.98 Å². The molecule has 0 aromatic carbocycles. The molecule has 0 amide bonds. The highest BCUT2D eigenvalue weighted by atomic mass is 16.5. The number of rotatable bonds is 9. The maximum Gasteiger partial charge on any atom is 0.128 e. The zero-order valence-electron chi connectivity index (χ0n) is 11.8. The molecule has 0 aliphatic carbocycles. The smallest absolute Gasteiger partial charge is 0.128 e. The molecule has 18 heavy (non-hydrogen) atoms. The van der Waals surface area contributed by atoms with E-state index in [0.29, 0.717) is 0 Å². The lowest BCUT2D eigenvalue weighted by atomic mass is 10.3. The standard InChI is InChI=1S/C14H25N3O/c1-4-9-15-12-13-7-6-8-14(16-13)17(3)10-11-18-5-2/h6-8,15H,4-5,9-12H2,1-3H3. The van der Waals surface area contributed by atoms with Crippen LogP contribution in [-0.2, 0) is 11.3 Å². The predicted molar refractivity (Wildman–Crippen MR) is 76.0 cm³/mol. The Balaban J connectivity index is 2.47. The Kier molecular flexibility index (Phi) is 7.37. The minimum Gasteiger partial charge on any atom is -0.380 e. The van der Waals surface area contributed by atoms with Gasteiger partial charge in [0.15, 0.2) is 0 Å². The van der Waals surface area contributed by atoms with E-state index < -0.39 is 0 Å². The van der Waals surface area contributed by atoms with Crippen molar-refractivity contribution in [2.24, 2.45) is 0 Å². The van der Waals surface area contributed by atoms with Crippen LogP contribution in [0.5, 0.6) is 0 Å². The summed E-state index contributed by atoms with van der Waals surface area (Å²) in [4.78, 5) is 6.76. The first-order valence-electron chi connectivity index (χ1n) is 6.73. The van der Waals surface area contributed by atoms with Crippen molar-refractivity contribution in [3.8, 4) is 0 Å². The molecule has 0 aliphatic rings. The third-order valence-electron chi connectivity index (χ3n) is 2.69. The van der Waals surface area contributed by atoms with Crippen LogP contribution >= 0.6 is 0 Å². The topological polar surface area (TPSA) is 37.4 Å². The summed E-state index contributed by atoms with van der Waals surface area (Å²) in [5, 5.41) is 3.36.